The van der Waals surface area contributed by atoms with Gasteiger partial charge in [-0.25, -0.2) is 16.1 Å². The fourth-order valence-corrected chi connectivity index (χ4v) is 7.63. The minimum Gasteiger partial charge on any atom is -0.373 e. The van der Waals surface area contributed by atoms with E-state index in [-0.39, 0.29) is 41.4 Å². The van der Waals surface area contributed by atoms with Gasteiger partial charge in [0.1, 0.15) is 0 Å². The van der Waals surface area contributed by atoms with Crippen LogP contribution in [0.1, 0.15) is 58.4 Å². The maximum Gasteiger partial charge on any atom is 1.00 e. The van der Waals surface area contributed by atoms with Crippen LogP contribution in [0.25, 0.3) is 70.9 Å². The van der Waals surface area contributed by atoms with Crippen molar-refractivity contribution in [3.8, 4) is 44.5 Å². The number of nitrogens with two attached hydrogens (primary N) is 2. The van der Waals surface area contributed by atoms with Crippen molar-refractivity contribution in [1.29, 1.82) is 0 Å². The SMILES string of the molecule is CC(=O)NN.CC(=O)NNC(=O)NCc1ccc(-c2ccccc2C)cc1.Cc1ccccc1-c1ccc(CBr)cc1.Cc1ccccc1-c1ccc(CN)cc1.Cc1ccccc1-c1ccc(CN=[N+]=[N-])cc1.[N-]=[N+]=[N-].[Na+]. The third-order valence-corrected chi connectivity index (χ3v) is 12.0. The van der Waals surface area contributed by atoms with Crippen LogP contribution in [0.3, 0.4) is 0 Å². The van der Waals surface area contributed by atoms with Crippen molar-refractivity contribution < 1.29 is 43.9 Å². The predicted octanol–water partition coefficient (Wildman–Crippen LogP) is 11.5. The number of nitrogens with one attached hydrogen (secondary N) is 4. The molecule has 8 aromatic carbocycles. The largest absolute Gasteiger partial charge is 1.00 e. The summed E-state index contributed by atoms with van der Waals surface area (Å²) < 4.78 is 0. The van der Waals surface area contributed by atoms with Gasteiger partial charge in [0.25, 0.3) is 0 Å². The number of benzene rings is 8. The van der Waals surface area contributed by atoms with Crippen LogP contribution < -0.4 is 62.7 Å². The van der Waals surface area contributed by atoms with Gasteiger partial charge in [-0.3, -0.25) is 25.4 Å². The normalized spacial score (nSPS) is 9.40. The molecule has 8 N–H and O–H groups in total. The van der Waals surface area contributed by atoms with Crippen LogP contribution in [0.15, 0.2) is 199 Å². The summed E-state index contributed by atoms with van der Waals surface area (Å²) in [4.78, 5) is 35.9. The molecular formula is C61H66BrN12NaO3. The van der Waals surface area contributed by atoms with Gasteiger partial charge in [-0.15, -0.1) is 0 Å². The summed E-state index contributed by atoms with van der Waals surface area (Å²) in [5.74, 6) is 4.03. The van der Waals surface area contributed by atoms with E-state index in [2.05, 4.69) is 209 Å². The molecular weight excluding hydrogens is 1050 g/mol. The number of hydrogen-bond donors (Lipinski definition) is 6. The molecule has 0 aliphatic rings. The molecule has 0 atom stereocenters. The first-order valence-electron chi connectivity index (χ1n) is 24.3. The smallest absolute Gasteiger partial charge is 0.373 e. The number of carbonyl (C=O) groups is 3. The van der Waals surface area contributed by atoms with E-state index in [4.69, 9.17) is 22.3 Å². The summed E-state index contributed by atoms with van der Waals surface area (Å²) in [7, 11) is 0. The molecule has 8 aromatic rings. The van der Waals surface area contributed by atoms with E-state index >= 15 is 0 Å². The molecule has 0 saturated carbocycles. The molecule has 0 saturated heterocycles. The first-order valence-corrected chi connectivity index (χ1v) is 25.4. The minimum atomic E-state index is -0.446. The number of halogens is 1. The summed E-state index contributed by atoms with van der Waals surface area (Å²) in [6.45, 7) is 12.5. The molecule has 17 heteroatoms. The standard InChI is InChI=1S/C17H19N3O2.C14H13Br.C14H13N3.C14H15N.C2H6N2O.N3.Na/c1-12-5-3-4-6-16(12)15-9-7-14(8-10-15)11-18-17(22)20-19-13(2)21;1-11-4-2-3-5-14(11)13-8-6-12(10-15)7-9-13;1-11-4-2-3-5-14(11)13-8-6-12(7-9-13)10-16-17-15;1-11-4-2-3-5-14(11)13-8-6-12(10-15)7-9-13;1-2(5)4-3;1-3-2;/h3-10H,11H2,1-2H3,(H,19,21)(H2,18,20,22);2-9H,10H2,1H3;2-9H,10H2,1H3;2-9H,10,15H2,1H3;3H2,1H3,(H,4,5);;/q;;;;;-1;+1. The van der Waals surface area contributed by atoms with E-state index in [0.717, 1.165) is 22.0 Å². The topological polar surface area (TPSA) is 259 Å². The Morgan fingerprint density at radius 1 is 0.487 bits per heavy atom. The molecule has 15 nitrogen and oxygen atoms in total. The Bertz CT molecular complexity index is 3080. The van der Waals surface area contributed by atoms with Crippen molar-refractivity contribution in [2.24, 2.45) is 16.7 Å². The van der Waals surface area contributed by atoms with E-state index in [1.54, 1.807) is 0 Å². The number of aryl methyl sites for hydroxylation is 4. The summed E-state index contributed by atoms with van der Waals surface area (Å²) >= 11 is 3.45. The summed E-state index contributed by atoms with van der Waals surface area (Å²) in [5.41, 5.74) is 53.2. The fraction of sp³-hybridized carbons (Fsp3) is 0.164. The van der Waals surface area contributed by atoms with Gasteiger partial charge >= 0.3 is 35.6 Å². The zero-order chi connectivity index (χ0) is 56.4. The summed E-state index contributed by atoms with van der Waals surface area (Å²) in [5, 5.41) is 7.12. The Hall–Kier alpha value is -8.01. The fourth-order valence-electron chi connectivity index (χ4n) is 7.26. The zero-order valence-electron chi connectivity index (χ0n) is 45.2. The quantitative estimate of drug-likeness (QED) is 0.0114. The van der Waals surface area contributed by atoms with Crippen molar-refractivity contribution in [2.75, 3.05) is 0 Å². The molecule has 396 valence electrons. The van der Waals surface area contributed by atoms with Crippen LogP contribution in [0.4, 0.5) is 4.79 Å². The van der Waals surface area contributed by atoms with Gasteiger partial charge in [-0.05, 0) is 122 Å². The number of azide groups is 1. The zero-order valence-corrected chi connectivity index (χ0v) is 48.8. The Balaban J connectivity index is 0.000000341. The Labute approximate surface area is 488 Å². The Morgan fingerprint density at radius 2 is 0.795 bits per heavy atom. The molecule has 8 rings (SSSR count). The molecule has 0 spiro atoms. The molecule has 0 bridgehead atoms. The van der Waals surface area contributed by atoms with Gasteiger partial charge in [0, 0.05) is 37.2 Å². The van der Waals surface area contributed by atoms with Crippen LogP contribution >= 0.6 is 15.9 Å². The summed E-state index contributed by atoms with van der Waals surface area (Å²) in [6.07, 6.45) is 0. The van der Waals surface area contributed by atoms with Gasteiger partial charge in [-0.2, -0.15) is 0 Å². The maximum absolute atomic E-state index is 11.4. The number of hydrogen-bond acceptors (Lipinski definition) is 6. The van der Waals surface area contributed by atoms with E-state index in [1.165, 1.54) is 91.1 Å². The maximum atomic E-state index is 11.4. The van der Waals surface area contributed by atoms with Crippen molar-refractivity contribution >= 4 is 33.8 Å². The van der Waals surface area contributed by atoms with Gasteiger partial charge in [0.05, 0.1) is 6.54 Å². The molecule has 0 aliphatic carbocycles. The van der Waals surface area contributed by atoms with Crippen molar-refractivity contribution in [1.82, 2.24) is 21.6 Å². The van der Waals surface area contributed by atoms with Crippen molar-refractivity contribution in [3.05, 3.63) is 265 Å². The van der Waals surface area contributed by atoms with Crippen LogP contribution in [-0.4, -0.2) is 17.8 Å². The Morgan fingerprint density at radius 3 is 1.08 bits per heavy atom. The molecule has 0 unspecified atom stereocenters. The number of amides is 4. The molecule has 4 amide bonds. The first kappa shape index (κ1) is 66.1. The van der Waals surface area contributed by atoms with Gasteiger partial charge in [0.15, 0.2) is 0 Å². The van der Waals surface area contributed by atoms with Crippen molar-refractivity contribution in [2.45, 2.75) is 66.5 Å². The van der Waals surface area contributed by atoms with Crippen LogP contribution in [-0.2, 0) is 34.6 Å². The first-order chi connectivity index (χ1) is 37.2. The molecule has 0 fully saturated rings. The van der Waals surface area contributed by atoms with Crippen LogP contribution in [0.5, 0.6) is 0 Å². The molecule has 0 heterocycles. The van der Waals surface area contributed by atoms with E-state index in [1.807, 2.05) is 66.1 Å². The molecule has 0 aromatic heterocycles. The second kappa shape index (κ2) is 37.7. The number of alkyl halides is 1. The minimum absolute atomic E-state index is 0. The van der Waals surface area contributed by atoms with E-state index in [9.17, 15) is 14.4 Å². The number of carbonyl (C=O) groups excluding carboxylic acids is 3. The number of rotatable bonds is 10. The number of hydrazine groups is 2. The molecule has 0 radical (unpaired) electrons. The van der Waals surface area contributed by atoms with Gasteiger partial charge in [-0.1, -0.05) is 215 Å². The van der Waals surface area contributed by atoms with Crippen LogP contribution in [0.2, 0.25) is 0 Å². The Kier molecular flexibility index (Phi) is 31.9. The average molecular weight is 1120 g/mol. The van der Waals surface area contributed by atoms with Gasteiger partial charge < -0.3 is 22.1 Å². The average Bonchev–Trinajstić information content (AvgIpc) is 3.46. The third kappa shape index (κ3) is 24.3. The monoisotopic (exact) mass is 1120 g/mol. The second-order valence-corrected chi connectivity index (χ2v) is 17.6. The van der Waals surface area contributed by atoms with E-state index in [0.29, 0.717) is 19.6 Å². The third-order valence-electron chi connectivity index (χ3n) is 11.4. The van der Waals surface area contributed by atoms with Crippen LogP contribution in [0, 0.1) is 27.7 Å². The van der Waals surface area contributed by atoms with Crippen molar-refractivity contribution in [3.63, 3.8) is 0 Å². The van der Waals surface area contributed by atoms with E-state index < -0.39 is 6.03 Å². The predicted molar refractivity (Wildman–Crippen MR) is 317 cm³/mol. The summed E-state index contributed by atoms with van der Waals surface area (Å²) in [6, 6.07) is 66.2. The number of nitrogens with zero attached hydrogens (tertiary/aromatic N) is 6. The van der Waals surface area contributed by atoms with Gasteiger partial charge in [0.2, 0.25) is 11.8 Å². The molecule has 0 aliphatic heterocycles. The molecule has 78 heavy (non-hydrogen) atoms. The second-order valence-electron chi connectivity index (χ2n) is 17.1. The number of urea groups is 1.